The molecular weight excluding hydrogens is 372 g/mol. The van der Waals surface area contributed by atoms with Crippen LogP contribution in [0.1, 0.15) is 10.4 Å². The highest BCUT2D eigenvalue weighted by Gasteiger charge is 2.15. The van der Waals surface area contributed by atoms with Crippen molar-refractivity contribution >= 4 is 16.8 Å². The van der Waals surface area contributed by atoms with E-state index in [1.807, 2.05) is 6.08 Å². The number of ether oxygens (including phenoxy) is 2. The maximum absolute atomic E-state index is 12.8. The summed E-state index contributed by atoms with van der Waals surface area (Å²) in [6.07, 6.45) is 6.81. The standard InChI is InChI=1S/C17H19NO5S.CH3NO/c1-21-14-7-6-13(18-23-3)10-16(11-14)24(20)15-8-4-12(5-9-15)17(19)22-2;1-2-3/h4-11,14,18H,1-3H3;1H3. The molecule has 27 heavy (non-hydrogen) atoms. The molecule has 1 aromatic rings. The molecule has 0 saturated carbocycles. The van der Waals surface area contributed by atoms with Gasteiger partial charge in [-0.25, -0.2) is 9.00 Å². The van der Waals surface area contributed by atoms with Crippen LogP contribution in [0, 0.1) is 4.91 Å². The third-order valence-electron chi connectivity index (χ3n) is 3.29. The van der Waals surface area contributed by atoms with Crippen LogP contribution in [0.3, 0.4) is 0 Å². The number of esters is 1. The highest BCUT2D eigenvalue weighted by atomic mass is 32.2. The van der Waals surface area contributed by atoms with Crippen molar-refractivity contribution in [2.45, 2.75) is 11.0 Å². The number of benzene rings is 1. The summed E-state index contributed by atoms with van der Waals surface area (Å²) in [5, 5.41) is 2.25. The van der Waals surface area contributed by atoms with E-state index in [4.69, 9.17) is 14.5 Å². The Balaban J connectivity index is 0.00000114. The maximum Gasteiger partial charge on any atom is 0.337 e. The van der Waals surface area contributed by atoms with E-state index in [1.54, 1.807) is 49.6 Å². The zero-order valence-electron chi connectivity index (χ0n) is 15.5. The van der Waals surface area contributed by atoms with Crippen molar-refractivity contribution in [2.24, 2.45) is 5.18 Å². The minimum absolute atomic E-state index is 0.300. The Morgan fingerprint density at radius 3 is 2.33 bits per heavy atom. The van der Waals surface area contributed by atoms with Gasteiger partial charge in [0, 0.05) is 16.9 Å². The molecule has 0 fully saturated rings. The summed E-state index contributed by atoms with van der Waals surface area (Å²) in [6.45, 7) is 0. The number of hydrogen-bond donors (Lipinski definition) is 1. The molecule has 0 aliphatic heterocycles. The first-order chi connectivity index (χ1) is 13.0. The van der Waals surface area contributed by atoms with Crippen LogP contribution in [0.2, 0.25) is 0 Å². The molecule has 1 aliphatic rings. The number of nitrogens with one attached hydrogen (secondary N) is 1. The summed E-state index contributed by atoms with van der Waals surface area (Å²) in [5.41, 5.74) is 3.78. The van der Waals surface area contributed by atoms with E-state index in [0.717, 1.165) is 0 Å². The van der Waals surface area contributed by atoms with Gasteiger partial charge in [0.05, 0.1) is 49.4 Å². The average molecular weight is 394 g/mol. The number of nitrogens with zero attached hydrogens (tertiary/aromatic N) is 1. The van der Waals surface area contributed by atoms with Gasteiger partial charge in [0.25, 0.3) is 0 Å². The Morgan fingerprint density at radius 2 is 1.81 bits per heavy atom. The molecule has 0 radical (unpaired) electrons. The van der Waals surface area contributed by atoms with Crippen LogP contribution >= 0.6 is 0 Å². The number of hydroxylamine groups is 1. The molecule has 1 N–H and O–H groups in total. The van der Waals surface area contributed by atoms with E-state index in [9.17, 15) is 9.00 Å². The first kappa shape index (κ1) is 22.4. The molecule has 2 unspecified atom stereocenters. The molecule has 1 aliphatic carbocycles. The van der Waals surface area contributed by atoms with Crippen LogP contribution in [0.4, 0.5) is 0 Å². The second-order valence-corrected chi connectivity index (χ2v) is 6.48. The average Bonchev–Trinajstić information content (AvgIpc) is 2.90. The van der Waals surface area contributed by atoms with Gasteiger partial charge in [-0.05, 0) is 48.6 Å². The normalized spacial score (nSPS) is 16.7. The minimum Gasteiger partial charge on any atom is -0.465 e. The predicted molar refractivity (Wildman–Crippen MR) is 102 cm³/mol. The summed E-state index contributed by atoms with van der Waals surface area (Å²) in [6, 6.07) is 6.45. The lowest BCUT2D eigenvalue weighted by atomic mass is 10.2. The van der Waals surface area contributed by atoms with Gasteiger partial charge < -0.3 is 9.47 Å². The number of methoxy groups -OCH3 is 2. The van der Waals surface area contributed by atoms with Gasteiger partial charge in [-0.15, -0.1) is 0 Å². The first-order valence-electron chi connectivity index (χ1n) is 7.75. The Labute approximate surface area is 160 Å². The van der Waals surface area contributed by atoms with Crippen molar-refractivity contribution < 1.29 is 23.3 Å². The van der Waals surface area contributed by atoms with Crippen molar-refractivity contribution in [1.82, 2.24) is 5.48 Å². The SMILES string of the molecule is CN=O.CONC1=CC(S(=O)c2ccc(C(=O)OC)cc2)=CC(OC)C=C1. The zero-order chi connectivity index (χ0) is 20.2. The molecule has 146 valence electrons. The topological polar surface area (TPSA) is 103 Å². The van der Waals surface area contributed by atoms with E-state index in [0.29, 0.717) is 21.1 Å². The van der Waals surface area contributed by atoms with E-state index in [-0.39, 0.29) is 6.10 Å². The maximum atomic E-state index is 12.8. The van der Waals surface area contributed by atoms with Gasteiger partial charge in [0.2, 0.25) is 0 Å². The fraction of sp³-hybridized carbons (Fsp3) is 0.278. The Bertz CT molecular complexity index is 756. The summed E-state index contributed by atoms with van der Waals surface area (Å²) in [4.78, 5) is 26.1. The van der Waals surface area contributed by atoms with Gasteiger partial charge in [-0.1, -0.05) is 5.18 Å². The molecule has 1 aromatic carbocycles. The molecule has 0 heterocycles. The third kappa shape index (κ3) is 6.89. The molecule has 2 rings (SSSR count). The molecule has 0 aromatic heterocycles. The Hall–Kier alpha value is -2.62. The molecule has 0 saturated heterocycles. The number of hydrogen-bond acceptors (Lipinski definition) is 8. The molecule has 0 spiro atoms. The number of carbonyl (C=O) groups is 1. The summed E-state index contributed by atoms with van der Waals surface area (Å²) >= 11 is 0. The largest absolute Gasteiger partial charge is 0.465 e. The predicted octanol–water partition coefficient (Wildman–Crippen LogP) is 2.47. The van der Waals surface area contributed by atoms with E-state index >= 15 is 0 Å². The van der Waals surface area contributed by atoms with Crippen molar-refractivity contribution in [3.8, 4) is 0 Å². The van der Waals surface area contributed by atoms with Gasteiger partial charge in [0.15, 0.2) is 0 Å². The summed E-state index contributed by atoms with van der Waals surface area (Å²) in [5.74, 6) is -0.434. The molecule has 0 amide bonds. The zero-order valence-corrected chi connectivity index (χ0v) is 16.3. The second-order valence-electron chi connectivity index (χ2n) is 5.00. The van der Waals surface area contributed by atoms with Crippen molar-refractivity contribution in [3.63, 3.8) is 0 Å². The number of nitroso groups, excluding NO2 is 1. The second kappa shape index (κ2) is 11.9. The van der Waals surface area contributed by atoms with Gasteiger partial charge in [-0.3, -0.25) is 10.3 Å². The molecule has 2 atom stereocenters. The van der Waals surface area contributed by atoms with E-state index < -0.39 is 16.8 Å². The van der Waals surface area contributed by atoms with Crippen LogP contribution in [0.5, 0.6) is 0 Å². The van der Waals surface area contributed by atoms with Crippen LogP contribution in [0.25, 0.3) is 0 Å². The van der Waals surface area contributed by atoms with Crippen molar-refractivity contribution in [2.75, 3.05) is 28.4 Å². The first-order valence-corrected chi connectivity index (χ1v) is 8.90. The Kier molecular flexibility index (Phi) is 9.88. The molecule has 0 bridgehead atoms. The summed E-state index contributed by atoms with van der Waals surface area (Å²) in [7, 11) is 4.15. The quantitative estimate of drug-likeness (QED) is 0.449. The molecular formula is C18H22N2O6S. The van der Waals surface area contributed by atoms with Crippen molar-refractivity contribution in [1.29, 1.82) is 0 Å². The smallest absolute Gasteiger partial charge is 0.337 e. The van der Waals surface area contributed by atoms with Crippen molar-refractivity contribution in [3.05, 3.63) is 69.6 Å². The third-order valence-corrected chi connectivity index (χ3v) is 4.67. The lowest BCUT2D eigenvalue weighted by Gasteiger charge is -2.08. The number of allylic oxidation sites excluding steroid dienone is 2. The lowest BCUT2D eigenvalue weighted by molar-refractivity contribution is 0.0600. The van der Waals surface area contributed by atoms with Crippen LogP contribution in [0.15, 0.2) is 69.2 Å². The highest BCUT2D eigenvalue weighted by molar-refractivity contribution is 7.89. The fourth-order valence-corrected chi connectivity index (χ4v) is 3.22. The van der Waals surface area contributed by atoms with Gasteiger partial charge >= 0.3 is 5.97 Å². The monoisotopic (exact) mass is 394 g/mol. The van der Waals surface area contributed by atoms with Crippen LogP contribution < -0.4 is 5.48 Å². The van der Waals surface area contributed by atoms with Gasteiger partial charge in [-0.2, -0.15) is 4.91 Å². The van der Waals surface area contributed by atoms with Gasteiger partial charge in [0.1, 0.15) is 0 Å². The number of carbonyl (C=O) groups excluding carboxylic acids is 1. The van der Waals surface area contributed by atoms with E-state index in [2.05, 4.69) is 15.4 Å². The van der Waals surface area contributed by atoms with E-state index in [1.165, 1.54) is 21.3 Å². The summed E-state index contributed by atoms with van der Waals surface area (Å²) < 4.78 is 22.8. The minimum atomic E-state index is -1.43. The van der Waals surface area contributed by atoms with Crippen LogP contribution in [-0.2, 0) is 25.1 Å². The Morgan fingerprint density at radius 1 is 1.19 bits per heavy atom. The number of rotatable bonds is 6. The fourth-order valence-electron chi connectivity index (χ4n) is 2.08. The highest BCUT2D eigenvalue weighted by Crippen LogP contribution is 2.21. The van der Waals surface area contributed by atoms with Crippen LogP contribution in [-0.4, -0.2) is 44.7 Å². The molecule has 9 heteroatoms. The lowest BCUT2D eigenvalue weighted by Crippen LogP contribution is -2.09. The molecule has 8 nitrogen and oxygen atoms in total.